The molecule has 2 aliphatic rings. The van der Waals surface area contributed by atoms with Gasteiger partial charge in [0, 0.05) is 6.20 Å². The molecule has 0 spiro atoms. The Morgan fingerprint density at radius 3 is 2.74 bits per heavy atom. The Balaban J connectivity index is 1.80. The smallest absolute Gasteiger partial charge is 0.341 e. The fourth-order valence-electron chi connectivity index (χ4n) is 3.48. The summed E-state index contributed by atoms with van der Waals surface area (Å²) in [6, 6.07) is 9.01. The third-order valence-electron chi connectivity index (χ3n) is 4.80. The Bertz CT molecular complexity index is 968. The Kier molecular flexibility index (Phi) is 4.19. The molecular weight excluding hydrogens is 352 g/mol. The lowest BCUT2D eigenvalue weighted by atomic mass is 10.1. The van der Waals surface area contributed by atoms with Crippen LogP contribution in [0, 0.1) is 0 Å². The van der Waals surface area contributed by atoms with Crippen molar-refractivity contribution < 1.29 is 24.2 Å². The summed E-state index contributed by atoms with van der Waals surface area (Å²) in [5.74, 6) is -2.00. The Labute approximate surface area is 154 Å². The number of hydrogen-bond donors (Lipinski definition) is 1. The largest absolute Gasteiger partial charge is 0.483 e. The molecule has 4 rings (SSSR count). The standard InChI is InChI=1S/C19H18N2O6/c1-11-9-26-14-8-20-7-13(19(24)25)16(22)17(15(20)18(23)21(11)14)27-10-12-5-3-2-4-6-12/h2-7,11,14H,8-10H2,1H3,(H,24,25)/t11-,14+/m0/s1. The number of aromatic carboxylic acids is 1. The van der Waals surface area contributed by atoms with Gasteiger partial charge >= 0.3 is 5.97 Å². The maximum Gasteiger partial charge on any atom is 0.341 e. The van der Waals surface area contributed by atoms with Crippen LogP contribution < -0.4 is 10.2 Å². The number of carboxylic acid groups (broad SMARTS) is 1. The van der Waals surface area contributed by atoms with Crippen LogP contribution in [0.1, 0.15) is 33.3 Å². The van der Waals surface area contributed by atoms with Crippen LogP contribution in [0.25, 0.3) is 0 Å². The molecule has 27 heavy (non-hydrogen) atoms. The van der Waals surface area contributed by atoms with Gasteiger partial charge in [0.15, 0.2) is 17.7 Å². The lowest BCUT2D eigenvalue weighted by Gasteiger charge is -2.34. The van der Waals surface area contributed by atoms with E-state index in [1.165, 1.54) is 10.8 Å². The van der Waals surface area contributed by atoms with Gasteiger partial charge in [-0.3, -0.25) is 9.59 Å². The van der Waals surface area contributed by atoms with Crippen LogP contribution in [-0.4, -0.2) is 45.3 Å². The van der Waals surface area contributed by atoms with E-state index in [1.54, 1.807) is 4.90 Å². The number of hydrogen-bond acceptors (Lipinski definition) is 5. The topological polar surface area (TPSA) is 98.1 Å². The van der Waals surface area contributed by atoms with Gasteiger partial charge in [-0.1, -0.05) is 30.3 Å². The molecule has 2 aromatic rings. The van der Waals surface area contributed by atoms with Gasteiger partial charge in [-0.25, -0.2) is 4.79 Å². The fourth-order valence-corrected chi connectivity index (χ4v) is 3.48. The monoisotopic (exact) mass is 370 g/mol. The highest BCUT2D eigenvalue weighted by molar-refractivity contribution is 5.98. The molecule has 1 fully saturated rings. The van der Waals surface area contributed by atoms with E-state index >= 15 is 0 Å². The van der Waals surface area contributed by atoms with Crippen molar-refractivity contribution in [3.63, 3.8) is 0 Å². The van der Waals surface area contributed by atoms with Crippen molar-refractivity contribution in [2.75, 3.05) is 6.61 Å². The summed E-state index contributed by atoms with van der Waals surface area (Å²) in [6.45, 7) is 2.55. The van der Waals surface area contributed by atoms with E-state index in [1.807, 2.05) is 37.3 Å². The summed E-state index contributed by atoms with van der Waals surface area (Å²) in [4.78, 5) is 38.8. The molecule has 2 aliphatic heterocycles. The first kappa shape index (κ1) is 17.3. The molecule has 1 amide bonds. The predicted molar refractivity (Wildman–Crippen MR) is 93.8 cm³/mol. The van der Waals surface area contributed by atoms with Gasteiger partial charge in [-0.2, -0.15) is 0 Å². The summed E-state index contributed by atoms with van der Waals surface area (Å²) in [5, 5.41) is 9.38. The number of carbonyl (C=O) groups is 2. The lowest BCUT2D eigenvalue weighted by Crippen LogP contribution is -2.49. The summed E-state index contributed by atoms with van der Waals surface area (Å²) >= 11 is 0. The van der Waals surface area contributed by atoms with Crippen molar-refractivity contribution in [3.8, 4) is 5.75 Å². The third kappa shape index (κ3) is 2.87. The Morgan fingerprint density at radius 2 is 2.04 bits per heavy atom. The van der Waals surface area contributed by atoms with Crippen LogP contribution in [0.2, 0.25) is 0 Å². The van der Waals surface area contributed by atoms with E-state index in [2.05, 4.69) is 0 Å². The van der Waals surface area contributed by atoms with E-state index in [9.17, 15) is 19.5 Å². The Hall–Kier alpha value is -3.13. The second-order valence-electron chi connectivity index (χ2n) is 6.63. The van der Waals surface area contributed by atoms with Gasteiger partial charge in [0.25, 0.3) is 5.91 Å². The van der Waals surface area contributed by atoms with Crippen LogP contribution in [-0.2, 0) is 17.9 Å². The molecule has 1 aromatic carbocycles. The molecule has 1 aromatic heterocycles. The van der Waals surface area contributed by atoms with Gasteiger partial charge in [0.05, 0.1) is 19.2 Å². The maximum atomic E-state index is 13.0. The zero-order chi connectivity index (χ0) is 19.1. The summed E-state index contributed by atoms with van der Waals surface area (Å²) < 4.78 is 12.7. The second kappa shape index (κ2) is 6.55. The summed E-state index contributed by atoms with van der Waals surface area (Å²) in [5.41, 5.74) is -0.372. The van der Waals surface area contributed by atoms with E-state index in [4.69, 9.17) is 9.47 Å². The molecule has 140 valence electrons. The Morgan fingerprint density at radius 1 is 1.30 bits per heavy atom. The number of pyridine rings is 1. The molecule has 1 saturated heterocycles. The third-order valence-corrected chi connectivity index (χ3v) is 4.80. The molecular formula is C19H18N2O6. The fraction of sp³-hybridized carbons (Fsp3) is 0.316. The normalized spacial score (nSPS) is 20.9. The zero-order valence-electron chi connectivity index (χ0n) is 14.6. The molecule has 0 unspecified atom stereocenters. The van der Waals surface area contributed by atoms with Gasteiger partial charge in [-0.05, 0) is 12.5 Å². The van der Waals surface area contributed by atoms with Gasteiger partial charge in [-0.15, -0.1) is 0 Å². The minimum atomic E-state index is -1.37. The minimum absolute atomic E-state index is 0.0505. The number of ether oxygens (including phenoxy) is 2. The molecule has 1 N–H and O–H groups in total. The van der Waals surface area contributed by atoms with Crippen molar-refractivity contribution in [1.82, 2.24) is 9.47 Å². The van der Waals surface area contributed by atoms with Crippen molar-refractivity contribution in [3.05, 3.63) is 63.6 Å². The highest BCUT2D eigenvalue weighted by Crippen LogP contribution is 2.30. The van der Waals surface area contributed by atoms with Crippen LogP contribution in [0.5, 0.6) is 5.75 Å². The SMILES string of the molecule is C[C@H]1CO[C@@H]2Cn3cc(C(=O)O)c(=O)c(OCc4ccccc4)c3C(=O)N12. The van der Waals surface area contributed by atoms with E-state index in [0.29, 0.717) is 6.61 Å². The van der Waals surface area contributed by atoms with Gasteiger partial charge in [0.2, 0.25) is 5.43 Å². The van der Waals surface area contributed by atoms with Crippen LogP contribution in [0.4, 0.5) is 0 Å². The highest BCUT2D eigenvalue weighted by atomic mass is 16.5. The quantitative estimate of drug-likeness (QED) is 0.872. The van der Waals surface area contributed by atoms with Crippen molar-refractivity contribution >= 4 is 11.9 Å². The number of carbonyl (C=O) groups excluding carboxylic acids is 1. The number of carboxylic acids is 1. The average molecular weight is 370 g/mol. The number of rotatable bonds is 4. The number of benzene rings is 1. The van der Waals surface area contributed by atoms with E-state index in [0.717, 1.165) is 5.56 Å². The van der Waals surface area contributed by atoms with Crippen LogP contribution in [0.3, 0.4) is 0 Å². The lowest BCUT2D eigenvalue weighted by molar-refractivity contribution is 0.00595. The molecule has 3 heterocycles. The maximum absolute atomic E-state index is 13.0. The first-order valence-electron chi connectivity index (χ1n) is 8.59. The number of fused-ring (bicyclic) bond motifs is 2. The average Bonchev–Trinajstić information content (AvgIpc) is 3.02. The van der Waals surface area contributed by atoms with Crippen molar-refractivity contribution in [1.29, 1.82) is 0 Å². The second-order valence-corrected chi connectivity index (χ2v) is 6.63. The molecule has 8 heteroatoms. The van der Waals surface area contributed by atoms with Gasteiger partial charge in [0.1, 0.15) is 12.2 Å². The van der Waals surface area contributed by atoms with Gasteiger partial charge < -0.3 is 24.0 Å². The zero-order valence-corrected chi connectivity index (χ0v) is 14.6. The van der Waals surface area contributed by atoms with Crippen LogP contribution >= 0.6 is 0 Å². The minimum Gasteiger partial charge on any atom is -0.483 e. The summed E-state index contributed by atoms with van der Waals surface area (Å²) in [7, 11) is 0. The predicted octanol–water partition coefficient (Wildman–Crippen LogP) is 1.33. The summed E-state index contributed by atoms with van der Waals surface area (Å²) in [6.07, 6.45) is 0.711. The number of aromatic nitrogens is 1. The van der Waals surface area contributed by atoms with E-state index in [-0.39, 0.29) is 30.6 Å². The van der Waals surface area contributed by atoms with Crippen LogP contribution in [0.15, 0.2) is 41.3 Å². The van der Waals surface area contributed by atoms with Crippen molar-refractivity contribution in [2.24, 2.45) is 0 Å². The molecule has 0 aliphatic carbocycles. The van der Waals surface area contributed by atoms with Crippen molar-refractivity contribution in [2.45, 2.75) is 32.3 Å². The molecule has 2 atom stereocenters. The highest BCUT2D eigenvalue weighted by Gasteiger charge is 2.43. The molecule has 0 radical (unpaired) electrons. The first-order chi connectivity index (χ1) is 13.0. The van der Waals surface area contributed by atoms with E-state index < -0.39 is 29.1 Å². The molecule has 0 bridgehead atoms. The molecule has 8 nitrogen and oxygen atoms in total. The molecule has 0 saturated carbocycles. The first-order valence-corrected chi connectivity index (χ1v) is 8.59. The number of nitrogens with zero attached hydrogens (tertiary/aromatic N) is 2. The number of amides is 1.